The van der Waals surface area contributed by atoms with Crippen molar-refractivity contribution in [2.75, 3.05) is 12.4 Å². The van der Waals surface area contributed by atoms with Crippen molar-refractivity contribution in [3.63, 3.8) is 0 Å². The molecule has 9 nitrogen and oxygen atoms in total. The van der Waals surface area contributed by atoms with Crippen LogP contribution in [-0.4, -0.2) is 41.9 Å². The van der Waals surface area contributed by atoms with Gasteiger partial charge in [-0.3, -0.25) is 5.32 Å². The van der Waals surface area contributed by atoms with Gasteiger partial charge in [-0.15, -0.1) is 0 Å². The molecule has 0 unspecified atom stereocenters. The smallest absolute Gasteiger partial charge is 0.335 e. The number of benzene rings is 1. The van der Waals surface area contributed by atoms with E-state index < -0.39 is 16.1 Å². The number of fused-ring (bicyclic) bond motifs is 1. The fraction of sp³-hybridized carbons (Fsp3) is 0.353. The fourth-order valence-electron chi connectivity index (χ4n) is 2.61. The zero-order chi connectivity index (χ0) is 20.5. The Bertz CT molecular complexity index is 1010. The Morgan fingerprint density at radius 1 is 1.32 bits per heavy atom. The summed E-state index contributed by atoms with van der Waals surface area (Å²) in [6.45, 7) is 6.42. The molecule has 2 aromatic rings. The van der Waals surface area contributed by atoms with Crippen LogP contribution in [0, 0.1) is 6.92 Å². The van der Waals surface area contributed by atoms with Gasteiger partial charge in [0, 0.05) is 29.2 Å². The van der Waals surface area contributed by atoms with E-state index in [2.05, 4.69) is 19.6 Å². The molecule has 1 aliphatic heterocycles. The van der Waals surface area contributed by atoms with E-state index in [1.54, 1.807) is 19.1 Å². The lowest BCUT2D eigenvalue weighted by Crippen LogP contribution is -2.35. The minimum absolute atomic E-state index is 0.0526. The number of anilines is 1. The molecule has 0 fully saturated rings. The molecule has 28 heavy (non-hydrogen) atoms. The molecule has 1 aliphatic rings. The molecule has 0 spiro atoms. The molecule has 150 valence electrons. The molecule has 1 aromatic carbocycles. The van der Waals surface area contributed by atoms with Gasteiger partial charge in [0.05, 0.1) is 7.11 Å². The van der Waals surface area contributed by atoms with Crippen LogP contribution in [0.3, 0.4) is 0 Å². The Kier molecular flexibility index (Phi) is 5.77. The van der Waals surface area contributed by atoms with Crippen LogP contribution in [-0.2, 0) is 16.6 Å². The first-order chi connectivity index (χ1) is 13.2. The standard InChI is InChI=1S/C17H21N5O4S2/c1-10(2)22-9-12-6-5-7-13(15(12)27-22)28(24,25)21-17(23)20-16-18-11(3)8-14(19-16)26-4/h5-8,10H,9H2,1-4H3,(H2,18,19,20,21,23). The third-order valence-electron chi connectivity index (χ3n) is 3.95. The second-order valence-corrected chi connectivity index (χ2v) is 9.15. The largest absolute Gasteiger partial charge is 0.481 e. The molecular formula is C17H21N5O4S2. The normalized spacial score (nSPS) is 14.0. The van der Waals surface area contributed by atoms with Gasteiger partial charge in [-0.25, -0.2) is 27.2 Å². The summed E-state index contributed by atoms with van der Waals surface area (Å²) >= 11 is 1.38. The number of sulfonamides is 1. The van der Waals surface area contributed by atoms with Gasteiger partial charge in [0.1, 0.15) is 4.90 Å². The number of urea groups is 1. The summed E-state index contributed by atoms with van der Waals surface area (Å²) in [5.41, 5.74) is 1.48. The molecule has 2 heterocycles. The number of nitrogens with zero attached hydrogens (tertiary/aromatic N) is 3. The van der Waals surface area contributed by atoms with Crippen LogP contribution in [0.25, 0.3) is 0 Å². The third kappa shape index (κ3) is 4.37. The number of methoxy groups -OCH3 is 1. The van der Waals surface area contributed by atoms with Gasteiger partial charge in [-0.05, 0) is 44.3 Å². The summed E-state index contributed by atoms with van der Waals surface area (Å²) < 4.78 is 34.7. The Morgan fingerprint density at radius 3 is 2.75 bits per heavy atom. The van der Waals surface area contributed by atoms with E-state index in [4.69, 9.17) is 4.74 Å². The van der Waals surface area contributed by atoms with Crippen LogP contribution in [0.1, 0.15) is 25.1 Å². The SMILES string of the molecule is COc1cc(C)nc(NC(=O)NS(=O)(=O)c2cccc3c2SN(C(C)C)C3)n1. The van der Waals surface area contributed by atoms with Crippen molar-refractivity contribution in [1.82, 2.24) is 19.0 Å². The quantitative estimate of drug-likeness (QED) is 0.706. The first kappa shape index (κ1) is 20.4. The number of ether oxygens (including phenoxy) is 1. The minimum atomic E-state index is -4.08. The van der Waals surface area contributed by atoms with Gasteiger partial charge in [-0.1, -0.05) is 12.1 Å². The monoisotopic (exact) mass is 423 g/mol. The van der Waals surface area contributed by atoms with E-state index in [0.717, 1.165) is 5.56 Å². The topological polar surface area (TPSA) is 114 Å². The van der Waals surface area contributed by atoms with Crippen molar-refractivity contribution in [2.24, 2.45) is 0 Å². The first-order valence-electron chi connectivity index (χ1n) is 8.49. The summed E-state index contributed by atoms with van der Waals surface area (Å²) in [5.74, 6) is 0.208. The van der Waals surface area contributed by atoms with E-state index >= 15 is 0 Å². The van der Waals surface area contributed by atoms with Crippen LogP contribution in [0.4, 0.5) is 10.7 Å². The molecule has 1 aromatic heterocycles. The maximum Gasteiger partial charge on any atom is 0.335 e. The summed E-state index contributed by atoms with van der Waals surface area (Å²) in [5, 5.41) is 2.33. The molecule has 2 amide bonds. The molecule has 0 saturated heterocycles. The molecule has 0 aliphatic carbocycles. The van der Waals surface area contributed by atoms with E-state index in [9.17, 15) is 13.2 Å². The minimum Gasteiger partial charge on any atom is -0.481 e. The predicted octanol–water partition coefficient (Wildman–Crippen LogP) is 2.54. The molecule has 11 heteroatoms. The van der Waals surface area contributed by atoms with Crippen LogP contribution in [0.2, 0.25) is 0 Å². The van der Waals surface area contributed by atoms with Crippen molar-refractivity contribution in [3.8, 4) is 5.88 Å². The summed E-state index contributed by atoms with van der Waals surface area (Å²) in [6.07, 6.45) is 0. The average molecular weight is 424 g/mol. The average Bonchev–Trinajstić information content (AvgIpc) is 3.04. The van der Waals surface area contributed by atoms with Gasteiger partial charge in [0.15, 0.2) is 0 Å². The number of hydrogen-bond donors (Lipinski definition) is 2. The number of aryl methyl sites for hydroxylation is 1. The Balaban J connectivity index is 1.79. The van der Waals surface area contributed by atoms with Crippen molar-refractivity contribution < 1.29 is 17.9 Å². The highest BCUT2D eigenvalue weighted by molar-refractivity contribution is 7.98. The number of aromatic nitrogens is 2. The third-order valence-corrected chi connectivity index (χ3v) is 6.91. The number of carbonyl (C=O) groups excluding carboxylic acids is 1. The van der Waals surface area contributed by atoms with Gasteiger partial charge < -0.3 is 4.74 Å². The zero-order valence-electron chi connectivity index (χ0n) is 15.9. The maximum absolute atomic E-state index is 12.8. The van der Waals surface area contributed by atoms with Crippen molar-refractivity contribution in [3.05, 3.63) is 35.5 Å². The van der Waals surface area contributed by atoms with E-state index in [-0.39, 0.29) is 22.8 Å². The number of rotatable bonds is 5. The molecule has 0 radical (unpaired) electrons. The van der Waals surface area contributed by atoms with Crippen LogP contribution in [0.5, 0.6) is 5.88 Å². The van der Waals surface area contributed by atoms with Crippen molar-refractivity contribution in [2.45, 2.75) is 43.1 Å². The summed E-state index contributed by atoms with van der Waals surface area (Å²) in [7, 11) is -2.64. The molecule has 3 rings (SSSR count). The predicted molar refractivity (Wildman–Crippen MR) is 106 cm³/mol. The van der Waals surface area contributed by atoms with E-state index in [0.29, 0.717) is 17.1 Å². The lowest BCUT2D eigenvalue weighted by atomic mass is 10.2. The van der Waals surface area contributed by atoms with Crippen LogP contribution < -0.4 is 14.8 Å². The Labute approximate surface area is 168 Å². The lowest BCUT2D eigenvalue weighted by Gasteiger charge is -2.17. The molecule has 2 N–H and O–H groups in total. The maximum atomic E-state index is 12.8. The highest BCUT2D eigenvalue weighted by atomic mass is 32.2. The lowest BCUT2D eigenvalue weighted by molar-refractivity contribution is 0.256. The van der Waals surface area contributed by atoms with E-state index in [1.165, 1.54) is 25.1 Å². The fourth-order valence-corrected chi connectivity index (χ4v) is 5.15. The van der Waals surface area contributed by atoms with Crippen LogP contribution in [0.15, 0.2) is 34.1 Å². The van der Waals surface area contributed by atoms with E-state index in [1.807, 2.05) is 24.6 Å². The summed E-state index contributed by atoms with van der Waals surface area (Å²) in [4.78, 5) is 21.0. The van der Waals surface area contributed by atoms with Gasteiger partial charge in [0.25, 0.3) is 10.0 Å². The Morgan fingerprint density at radius 2 is 2.07 bits per heavy atom. The van der Waals surface area contributed by atoms with Crippen molar-refractivity contribution >= 4 is 34.0 Å². The second-order valence-electron chi connectivity index (χ2n) is 6.44. The van der Waals surface area contributed by atoms with Gasteiger partial charge in [-0.2, -0.15) is 4.98 Å². The molecule has 0 saturated carbocycles. The van der Waals surface area contributed by atoms with Gasteiger partial charge in [0.2, 0.25) is 11.8 Å². The highest BCUT2D eigenvalue weighted by Gasteiger charge is 2.30. The zero-order valence-corrected chi connectivity index (χ0v) is 17.5. The second kappa shape index (κ2) is 7.94. The Hall–Kier alpha value is -2.37. The molecular weight excluding hydrogens is 402 g/mol. The number of amides is 2. The summed E-state index contributed by atoms with van der Waals surface area (Å²) in [6, 6.07) is 5.93. The number of nitrogens with one attached hydrogen (secondary N) is 2. The number of carbonyl (C=O) groups is 1. The number of hydrogen-bond acceptors (Lipinski definition) is 8. The van der Waals surface area contributed by atoms with Gasteiger partial charge >= 0.3 is 6.03 Å². The first-order valence-corrected chi connectivity index (χ1v) is 10.7. The van der Waals surface area contributed by atoms with Crippen molar-refractivity contribution in [1.29, 1.82) is 0 Å². The molecule has 0 bridgehead atoms. The highest BCUT2D eigenvalue weighted by Crippen LogP contribution is 2.41. The molecule has 0 atom stereocenters. The van der Waals surface area contributed by atoms with Crippen LogP contribution >= 0.6 is 11.9 Å².